The molecule has 0 fully saturated rings. The second-order valence-electron chi connectivity index (χ2n) is 4.44. The minimum absolute atomic E-state index is 0.0841. The van der Waals surface area contributed by atoms with Gasteiger partial charge in [0, 0.05) is 12.6 Å². The fourth-order valence-electron chi connectivity index (χ4n) is 1.80. The highest BCUT2D eigenvalue weighted by molar-refractivity contribution is 5.37. The molecule has 4 nitrogen and oxygen atoms in total. The molecule has 0 bridgehead atoms. The molecule has 102 valence electrons. The van der Waals surface area contributed by atoms with E-state index in [4.69, 9.17) is 4.74 Å². The lowest BCUT2D eigenvalue weighted by Gasteiger charge is -2.07. The molecule has 0 atom stereocenters. The van der Waals surface area contributed by atoms with Crippen LogP contribution in [0.4, 0.5) is 0 Å². The highest BCUT2D eigenvalue weighted by Gasteiger charge is 2.03. The van der Waals surface area contributed by atoms with Crippen molar-refractivity contribution >= 4 is 0 Å². The Bertz CT molecular complexity index is 343. The Morgan fingerprint density at radius 2 is 2.06 bits per heavy atom. The molecule has 1 aromatic heterocycles. The molecule has 0 amide bonds. The van der Waals surface area contributed by atoms with Crippen LogP contribution in [-0.4, -0.2) is 23.7 Å². The van der Waals surface area contributed by atoms with Gasteiger partial charge in [0.1, 0.15) is 0 Å². The molecule has 4 heteroatoms. The second kappa shape index (κ2) is 8.75. The van der Waals surface area contributed by atoms with Gasteiger partial charge in [-0.2, -0.15) is 0 Å². The monoisotopic (exact) mass is 252 g/mol. The molecule has 0 saturated heterocycles. The first kappa shape index (κ1) is 14.8. The summed E-state index contributed by atoms with van der Waals surface area (Å²) in [4.78, 5) is 4.14. The van der Waals surface area contributed by atoms with E-state index in [0.717, 1.165) is 12.2 Å². The van der Waals surface area contributed by atoms with Crippen LogP contribution in [0, 0.1) is 0 Å². The molecule has 0 aliphatic carbocycles. The normalized spacial score (nSPS) is 10.6. The van der Waals surface area contributed by atoms with Crippen molar-refractivity contribution in [2.45, 2.75) is 45.6 Å². The first-order valence-electron chi connectivity index (χ1n) is 6.70. The van der Waals surface area contributed by atoms with Crippen molar-refractivity contribution in [3.05, 3.63) is 18.0 Å². The van der Waals surface area contributed by atoms with Crippen molar-refractivity contribution in [2.24, 2.45) is 0 Å². The van der Waals surface area contributed by atoms with E-state index in [1.165, 1.54) is 38.3 Å². The zero-order valence-corrected chi connectivity index (χ0v) is 11.4. The number of pyridine rings is 1. The van der Waals surface area contributed by atoms with E-state index < -0.39 is 0 Å². The van der Waals surface area contributed by atoms with Crippen molar-refractivity contribution < 1.29 is 9.84 Å². The molecule has 0 aliphatic heterocycles. The van der Waals surface area contributed by atoms with Crippen molar-refractivity contribution in [2.75, 3.05) is 13.7 Å². The lowest BCUT2D eigenvalue weighted by molar-refractivity contribution is 0.370. The van der Waals surface area contributed by atoms with E-state index in [-0.39, 0.29) is 5.75 Å². The molecule has 0 saturated carbocycles. The molecule has 0 aliphatic rings. The predicted molar refractivity (Wildman–Crippen MR) is 72.9 cm³/mol. The van der Waals surface area contributed by atoms with Gasteiger partial charge >= 0.3 is 0 Å². The summed E-state index contributed by atoms with van der Waals surface area (Å²) in [6.45, 7) is 3.95. The number of nitrogens with zero attached hydrogens (tertiary/aromatic N) is 1. The van der Waals surface area contributed by atoms with Gasteiger partial charge in [0.05, 0.1) is 19.0 Å². The van der Waals surface area contributed by atoms with Crippen LogP contribution in [0.5, 0.6) is 11.5 Å². The third kappa shape index (κ3) is 5.36. The fourth-order valence-corrected chi connectivity index (χ4v) is 1.80. The van der Waals surface area contributed by atoms with Gasteiger partial charge < -0.3 is 15.2 Å². The van der Waals surface area contributed by atoms with Crippen LogP contribution in [0.25, 0.3) is 0 Å². The third-order valence-electron chi connectivity index (χ3n) is 2.89. The zero-order chi connectivity index (χ0) is 13.2. The van der Waals surface area contributed by atoms with Gasteiger partial charge in [0.15, 0.2) is 11.5 Å². The van der Waals surface area contributed by atoms with Crippen LogP contribution < -0.4 is 10.1 Å². The summed E-state index contributed by atoms with van der Waals surface area (Å²) in [6.07, 6.45) is 7.85. The molecule has 0 spiro atoms. The largest absolute Gasteiger partial charge is 0.503 e. The topological polar surface area (TPSA) is 54.4 Å². The second-order valence-corrected chi connectivity index (χ2v) is 4.44. The van der Waals surface area contributed by atoms with E-state index in [1.807, 2.05) is 0 Å². The van der Waals surface area contributed by atoms with E-state index in [0.29, 0.717) is 12.3 Å². The van der Waals surface area contributed by atoms with Gasteiger partial charge in [-0.25, -0.2) is 0 Å². The summed E-state index contributed by atoms with van der Waals surface area (Å²) in [5.74, 6) is 0.561. The molecular formula is C14H24N2O2. The number of methoxy groups -OCH3 is 1. The van der Waals surface area contributed by atoms with Gasteiger partial charge in [-0.15, -0.1) is 0 Å². The van der Waals surface area contributed by atoms with Gasteiger partial charge in [0.2, 0.25) is 0 Å². The van der Waals surface area contributed by atoms with Crippen molar-refractivity contribution in [1.82, 2.24) is 10.3 Å². The van der Waals surface area contributed by atoms with Crippen LogP contribution in [0.3, 0.4) is 0 Å². The third-order valence-corrected chi connectivity index (χ3v) is 2.89. The summed E-state index contributed by atoms with van der Waals surface area (Å²) in [5, 5.41) is 12.8. The minimum atomic E-state index is 0.0841. The molecule has 1 aromatic rings. The summed E-state index contributed by atoms with van der Waals surface area (Å²) in [7, 11) is 1.54. The lowest BCUT2D eigenvalue weighted by Crippen LogP contribution is -2.15. The summed E-state index contributed by atoms with van der Waals surface area (Å²) in [5.41, 5.74) is 0.887. The Hall–Kier alpha value is -1.29. The van der Waals surface area contributed by atoms with Gasteiger partial charge in [-0.1, -0.05) is 32.6 Å². The molecule has 1 rings (SSSR count). The number of ether oxygens (including phenoxy) is 1. The number of aromatic nitrogens is 1. The average Bonchev–Trinajstić information content (AvgIpc) is 2.39. The van der Waals surface area contributed by atoms with Gasteiger partial charge in [-0.3, -0.25) is 4.98 Å². The SMILES string of the molecule is CCCCCCCNCc1cc(OC)c(O)cn1. The number of hydrogen-bond acceptors (Lipinski definition) is 4. The van der Waals surface area contributed by atoms with E-state index >= 15 is 0 Å². The number of unbranched alkanes of at least 4 members (excludes halogenated alkanes) is 4. The maximum absolute atomic E-state index is 9.42. The zero-order valence-electron chi connectivity index (χ0n) is 11.4. The van der Waals surface area contributed by atoms with Crippen molar-refractivity contribution in [3.63, 3.8) is 0 Å². The molecule has 0 unspecified atom stereocenters. The van der Waals surface area contributed by atoms with E-state index in [9.17, 15) is 5.11 Å². The molecule has 1 heterocycles. The number of nitrogens with one attached hydrogen (secondary N) is 1. The van der Waals surface area contributed by atoms with Crippen LogP contribution in [-0.2, 0) is 6.54 Å². The molecule has 2 N–H and O–H groups in total. The summed E-state index contributed by atoms with van der Waals surface area (Å²) < 4.78 is 5.04. The standard InChI is InChI=1S/C14H24N2O2/c1-3-4-5-6-7-8-15-10-12-9-14(18-2)13(17)11-16-12/h9,11,15,17H,3-8,10H2,1-2H3. The maximum Gasteiger partial charge on any atom is 0.176 e. The van der Waals surface area contributed by atoms with Crippen molar-refractivity contribution in [3.8, 4) is 11.5 Å². The van der Waals surface area contributed by atoms with Crippen LogP contribution in [0.2, 0.25) is 0 Å². The summed E-state index contributed by atoms with van der Waals surface area (Å²) in [6, 6.07) is 1.76. The molecule has 18 heavy (non-hydrogen) atoms. The Balaban J connectivity index is 2.19. The van der Waals surface area contributed by atoms with E-state index in [1.54, 1.807) is 13.2 Å². The Labute approximate surface area is 109 Å². The van der Waals surface area contributed by atoms with Crippen LogP contribution >= 0.6 is 0 Å². The molecule has 0 aromatic carbocycles. The van der Waals surface area contributed by atoms with Gasteiger partial charge in [0.25, 0.3) is 0 Å². The number of rotatable bonds is 9. The lowest BCUT2D eigenvalue weighted by atomic mass is 10.1. The number of hydrogen-bond donors (Lipinski definition) is 2. The first-order valence-corrected chi connectivity index (χ1v) is 6.70. The van der Waals surface area contributed by atoms with Gasteiger partial charge in [-0.05, 0) is 13.0 Å². The van der Waals surface area contributed by atoms with Crippen LogP contribution in [0.1, 0.15) is 44.7 Å². The van der Waals surface area contributed by atoms with Crippen LogP contribution in [0.15, 0.2) is 12.3 Å². The van der Waals surface area contributed by atoms with E-state index in [2.05, 4.69) is 17.2 Å². The average molecular weight is 252 g/mol. The molecule has 0 radical (unpaired) electrons. The highest BCUT2D eigenvalue weighted by Crippen LogP contribution is 2.24. The smallest absolute Gasteiger partial charge is 0.176 e. The molecular weight excluding hydrogens is 228 g/mol. The Kier molecular flexibility index (Phi) is 7.18. The van der Waals surface area contributed by atoms with Crippen molar-refractivity contribution in [1.29, 1.82) is 0 Å². The fraction of sp³-hybridized carbons (Fsp3) is 0.643. The quantitative estimate of drug-likeness (QED) is 0.664. The first-order chi connectivity index (χ1) is 8.77. The predicted octanol–water partition coefficient (Wildman–Crippen LogP) is 2.86. The maximum atomic E-state index is 9.42. The minimum Gasteiger partial charge on any atom is -0.503 e. The number of aromatic hydroxyl groups is 1. The summed E-state index contributed by atoms with van der Waals surface area (Å²) >= 11 is 0. The Morgan fingerprint density at radius 3 is 2.78 bits per heavy atom. The highest BCUT2D eigenvalue weighted by atomic mass is 16.5. The Morgan fingerprint density at radius 1 is 1.28 bits per heavy atom.